The Hall–Kier alpha value is -2.10. The van der Waals surface area contributed by atoms with E-state index in [-0.39, 0.29) is 29.4 Å². The van der Waals surface area contributed by atoms with Crippen LogP contribution in [0.25, 0.3) is 11.3 Å². The number of nitrogens with one attached hydrogen (secondary N) is 1. The zero-order valence-electron chi connectivity index (χ0n) is 15.7. The Bertz CT molecular complexity index is 965. The summed E-state index contributed by atoms with van der Waals surface area (Å²) in [6, 6.07) is 6.74. The molecule has 1 aromatic carbocycles. The Morgan fingerprint density at radius 1 is 1.17 bits per heavy atom. The molecule has 2 fully saturated rings. The van der Waals surface area contributed by atoms with E-state index in [1.54, 1.807) is 6.07 Å². The monoisotopic (exact) mass is 424 g/mol. The summed E-state index contributed by atoms with van der Waals surface area (Å²) in [5, 5.41) is -0.284. The average Bonchev–Trinajstić information content (AvgIpc) is 3.54. The van der Waals surface area contributed by atoms with E-state index in [2.05, 4.69) is 9.71 Å². The van der Waals surface area contributed by atoms with Crippen LogP contribution in [0.2, 0.25) is 0 Å². The van der Waals surface area contributed by atoms with E-state index in [9.17, 15) is 17.2 Å². The third-order valence-electron chi connectivity index (χ3n) is 5.16. The van der Waals surface area contributed by atoms with E-state index < -0.39 is 21.7 Å². The summed E-state index contributed by atoms with van der Waals surface area (Å²) in [6.45, 7) is 1.06. The molecular formula is C20H22F2N2O4S. The van der Waals surface area contributed by atoms with Crippen molar-refractivity contribution in [3.63, 3.8) is 0 Å². The second-order valence-electron chi connectivity index (χ2n) is 7.41. The zero-order chi connectivity index (χ0) is 20.4. The normalized spacial score (nSPS) is 22.4. The van der Waals surface area contributed by atoms with Crippen LogP contribution in [0.4, 0.5) is 8.78 Å². The molecular weight excluding hydrogens is 402 g/mol. The molecule has 0 radical (unpaired) electrons. The lowest BCUT2D eigenvalue weighted by molar-refractivity contribution is 0.0186. The van der Waals surface area contributed by atoms with Gasteiger partial charge < -0.3 is 9.47 Å². The minimum atomic E-state index is -3.30. The molecule has 2 aliphatic rings. The summed E-state index contributed by atoms with van der Waals surface area (Å²) >= 11 is 0. The van der Waals surface area contributed by atoms with Gasteiger partial charge >= 0.3 is 0 Å². The third kappa shape index (κ3) is 4.91. The Balaban J connectivity index is 1.40. The van der Waals surface area contributed by atoms with Crippen LogP contribution in [0.3, 0.4) is 0 Å². The first-order valence-electron chi connectivity index (χ1n) is 9.55. The summed E-state index contributed by atoms with van der Waals surface area (Å²) in [6.07, 6.45) is 3.01. The molecule has 1 aliphatic carbocycles. The van der Waals surface area contributed by atoms with Gasteiger partial charge in [-0.2, -0.15) is 0 Å². The quantitative estimate of drug-likeness (QED) is 0.740. The van der Waals surface area contributed by atoms with Crippen molar-refractivity contribution in [3.8, 4) is 17.0 Å². The van der Waals surface area contributed by atoms with Crippen molar-refractivity contribution in [2.45, 2.75) is 30.6 Å². The van der Waals surface area contributed by atoms with Gasteiger partial charge in [-0.3, -0.25) is 4.98 Å². The van der Waals surface area contributed by atoms with Crippen LogP contribution in [0.5, 0.6) is 5.75 Å². The number of ether oxygens (including phenoxy) is 2. The fraction of sp³-hybridized carbons (Fsp3) is 0.450. The Morgan fingerprint density at radius 2 is 2.00 bits per heavy atom. The van der Waals surface area contributed by atoms with Crippen LogP contribution < -0.4 is 9.46 Å². The summed E-state index contributed by atoms with van der Waals surface area (Å²) in [4.78, 5) is 3.88. The minimum Gasteiger partial charge on any atom is -0.493 e. The predicted molar refractivity (Wildman–Crippen MR) is 103 cm³/mol. The van der Waals surface area contributed by atoms with Crippen LogP contribution in [0.1, 0.15) is 19.3 Å². The number of benzene rings is 1. The van der Waals surface area contributed by atoms with Crippen molar-refractivity contribution in [3.05, 3.63) is 48.2 Å². The lowest BCUT2D eigenvalue weighted by Gasteiger charge is -2.31. The van der Waals surface area contributed by atoms with Gasteiger partial charge in [-0.1, -0.05) is 0 Å². The highest BCUT2D eigenvalue weighted by molar-refractivity contribution is 7.90. The molecule has 2 atom stereocenters. The van der Waals surface area contributed by atoms with Crippen LogP contribution in [-0.2, 0) is 14.8 Å². The highest BCUT2D eigenvalue weighted by Crippen LogP contribution is 2.29. The molecule has 4 rings (SSSR count). The second-order valence-corrected chi connectivity index (χ2v) is 9.40. The van der Waals surface area contributed by atoms with Gasteiger partial charge in [-0.15, -0.1) is 0 Å². The lowest BCUT2D eigenvalue weighted by Crippen LogP contribution is -2.48. The number of hydrogen-bond acceptors (Lipinski definition) is 5. The van der Waals surface area contributed by atoms with Crippen LogP contribution in [-0.4, -0.2) is 44.5 Å². The number of rotatable bonds is 7. The molecule has 0 spiro atoms. The number of sulfonamides is 1. The molecule has 1 saturated heterocycles. The van der Waals surface area contributed by atoms with Crippen molar-refractivity contribution >= 4 is 10.0 Å². The first-order valence-corrected chi connectivity index (χ1v) is 11.1. The standard InChI is InChI=1S/C20H22F2N2O4S/c21-14-1-6-20(23-10-14)17-5-2-15(9-18(17)22)28-12-13-11-27-8-7-19(13)24-29(25,26)16-3-4-16/h1-2,5-6,9-10,13,16,19,24H,3-4,7-8,11-12H2. The summed E-state index contributed by atoms with van der Waals surface area (Å²) in [5.74, 6) is -0.871. The van der Waals surface area contributed by atoms with Crippen molar-refractivity contribution in [1.29, 1.82) is 0 Å². The molecule has 1 aliphatic heterocycles. The van der Waals surface area contributed by atoms with E-state index in [0.717, 1.165) is 6.20 Å². The van der Waals surface area contributed by atoms with Crippen LogP contribution >= 0.6 is 0 Å². The second kappa shape index (κ2) is 8.33. The fourth-order valence-electron chi connectivity index (χ4n) is 3.33. The first kappa shape index (κ1) is 20.2. The van der Waals surface area contributed by atoms with Gasteiger partial charge in [0.25, 0.3) is 0 Å². The Morgan fingerprint density at radius 3 is 2.69 bits per heavy atom. The van der Waals surface area contributed by atoms with Gasteiger partial charge in [0.05, 0.1) is 30.4 Å². The SMILES string of the molecule is O=S(=O)(NC1CCOCC1COc1ccc(-c2ccc(F)cn2)c(F)c1)C1CC1. The molecule has 1 saturated carbocycles. The molecule has 0 bridgehead atoms. The molecule has 156 valence electrons. The first-order chi connectivity index (χ1) is 13.9. The van der Waals surface area contributed by atoms with E-state index in [1.807, 2.05) is 0 Å². The van der Waals surface area contributed by atoms with Crippen LogP contribution in [0.15, 0.2) is 36.5 Å². The van der Waals surface area contributed by atoms with Crippen molar-refractivity contribution in [2.75, 3.05) is 19.8 Å². The zero-order valence-corrected chi connectivity index (χ0v) is 16.5. The Kier molecular flexibility index (Phi) is 5.80. The van der Waals surface area contributed by atoms with Crippen LogP contribution in [0, 0.1) is 17.6 Å². The molecule has 0 amide bonds. The number of halogens is 2. The summed E-state index contributed by atoms with van der Waals surface area (Å²) in [5.41, 5.74) is 0.569. The summed E-state index contributed by atoms with van der Waals surface area (Å²) < 4.78 is 65.9. The maximum atomic E-state index is 14.5. The van der Waals surface area contributed by atoms with Gasteiger partial charge in [-0.25, -0.2) is 21.9 Å². The topological polar surface area (TPSA) is 77.5 Å². The smallest absolute Gasteiger partial charge is 0.214 e. The number of pyridine rings is 1. The molecule has 6 nitrogen and oxygen atoms in total. The minimum absolute atomic E-state index is 0.168. The summed E-state index contributed by atoms with van der Waals surface area (Å²) in [7, 11) is -3.30. The highest BCUT2D eigenvalue weighted by Gasteiger charge is 2.39. The maximum absolute atomic E-state index is 14.5. The van der Waals surface area contributed by atoms with Crippen molar-refractivity contribution in [1.82, 2.24) is 9.71 Å². The molecule has 1 N–H and O–H groups in total. The fourth-order valence-corrected chi connectivity index (χ4v) is 5.02. The maximum Gasteiger partial charge on any atom is 0.214 e. The Labute approximate surface area is 168 Å². The molecule has 2 unspecified atom stereocenters. The largest absolute Gasteiger partial charge is 0.493 e. The van der Waals surface area contributed by atoms with Gasteiger partial charge in [-0.05, 0) is 43.5 Å². The molecule has 1 aromatic heterocycles. The van der Waals surface area contributed by atoms with Gasteiger partial charge in [0.2, 0.25) is 10.0 Å². The lowest BCUT2D eigenvalue weighted by atomic mass is 9.98. The van der Waals surface area contributed by atoms with Gasteiger partial charge in [0.1, 0.15) is 17.4 Å². The number of nitrogens with zero attached hydrogens (tertiary/aromatic N) is 1. The van der Waals surface area contributed by atoms with Crippen molar-refractivity contribution in [2.24, 2.45) is 5.92 Å². The average molecular weight is 424 g/mol. The van der Waals surface area contributed by atoms with E-state index in [4.69, 9.17) is 9.47 Å². The third-order valence-corrected chi connectivity index (χ3v) is 7.14. The van der Waals surface area contributed by atoms with E-state index in [1.165, 1.54) is 24.3 Å². The van der Waals surface area contributed by atoms with E-state index >= 15 is 0 Å². The highest BCUT2D eigenvalue weighted by atomic mass is 32.2. The number of hydrogen-bond donors (Lipinski definition) is 1. The van der Waals surface area contributed by atoms with Gasteiger partial charge in [0.15, 0.2) is 0 Å². The van der Waals surface area contributed by atoms with E-state index in [0.29, 0.717) is 43.9 Å². The molecule has 9 heteroatoms. The molecule has 2 aromatic rings. The molecule has 2 heterocycles. The number of aromatic nitrogens is 1. The van der Waals surface area contributed by atoms with Gasteiger partial charge in [0, 0.05) is 30.2 Å². The molecule has 29 heavy (non-hydrogen) atoms. The predicted octanol–water partition coefficient (Wildman–Crippen LogP) is 2.89. The van der Waals surface area contributed by atoms with Crippen molar-refractivity contribution < 1.29 is 26.7 Å².